The number of rotatable bonds is 7. The third kappa shape index (κ3) is 6.28. The molecular formula is C22H23F3N4OS. The van der Waals surface area contributed by atoms with Gasteiger partial charge in [-0.25, -0.2) is 4.98 Å². The summed E-state index contributed by atoms with van der Waals surface area (Å²) >= 11 is 1.55. The lowest BCUT2D eigenvalue weighted by Gasteiger charge is -2.18. The summed E-state index contributed by atoms with van der Waals surface area (Å²) in [7, 11) is 6.04. The van der Waals surface area contributed by atoms with Crippen molar-refractivity contribution in [2.75, 3.05) is 44.4 Å². The van der Waals surface area contributed by atoms with Gasteiger partial charge in [-0.05, 0) is 56.1 Å². The molecule has 0 radical (unpaired) electrons. The lowest BCUT2D eigenvalue weighted by atomic mass is 10.1. The van der Waals surface area contributed by atoms with Gasteiger partial charge in [0.15, 0.2) is 5.13 Å². The van der Waals surface area contributed by atoms with Gasteiger partial charge in [0.25, 0.3) is 0 Å². The fourth-order valence-electron chi connectivity index (χ4n) is 2.74. The van der Waals surface area contributed by atoms with Crippen molar-refractivity contribution in [1.82, 2.24) is 9.88 Å². The van der Waals surface area contributed by atoms with E-state index in [1.54, 1.807) is 17.4 Å². The van der Waals surface area contributed by atoms with Gasteiger partial charge in [-0.15, -0.1) is 0 Å². The molecule has 0 saturated heterocycles. The van der Waals surface area contributed by atoms with Crippen molar-refractivity contribution in [2.45, 2.75) is 6.18 Å². The van der Waals surface area contributed by atoms with E-state index in [-0.39, 0.29) is 5.91 Å². The second-order valence-electron chi connectivity index (χ2n) is 7.35. The molecule has 0 fully saturated rings. The smallest absolute Gasteiger partial charge is 0.350 e. The molecule has 5 nitrogen and oxygen atoms in total. The number of aromatic nitrogens is 1. The number of nitrogens with zero attached hydrogens (tertiary/aromatic N) is 3. The topological polar surface area (TPSA) is 48.5 Å². The Labute approximate surface area is 182 Å². The fourth-order valence-corrected chi connectivity index (χ4v) is 3.73. The normalized spacial score (nSPS) is 12.1. The SMILES string of the molecule is CN(C)CCN(C)c1nc2ccc(NC(=O)/C=C/c3ccc(C(F)(F)F)cc3)cc2s1. The van der Waals surface area contributed by atoms with Crippen LogP contribution in [-0.4, -0.2) is 50.0 Å². The minimum absolute atomic E-state index is 0.368. The van der Waals surface area contributed by atoms with E-state index < -0.39 is 11.7 Å². The van der Waals surface area contributed by atoms with Crippen LogP contribution in [0, 0.1) is 0 Å². The minimum atomic E-state index is -4.38. The van der Waals surface area contributed by atoms with Gasteiger partial charge in [-0.3, -0.25) is 4.79 Å². The van der Waals surface area contributed by atoms with Gasteiger partial charge in [0.1, 0.15) is 0 Å². The predicted molar refractivity (Wildman–Crippen MR) is 121 cm³/mol. The van der Waals surface area contributed by atoms with E-state index in [4.69, 9.17) is 0 Å². The third-order valence-electron chi connectivity index (χ3n) is 4.52. The van der Waals surface area contributed by atoms with E-state index in [2.05, 4.69) is 20.1 Å². The molecule has 31 heavy (non-hydrogen) atoms. The van der Waals surface area contributed by atoms with E-state index in [0.29, 0.717) is 11.3 Å². The Morgan fingerprint density at radius 2 is 1.81 bits per heavy atom. The van der Waals surface area contributed by atoms with Crippen molar-refractivity contribution in [3.8, 4) is 0 Å². The van der Waals surface area contributed by atoms with Gasteiger partial charge >= 0.3 is 6.18 Å². The molecular weight excluding hydrogens is 425 g/mol. The Bertz CT molecular complexity index is 1070. The Morgan fingerprint density at radius 3 is 2.45 bits per heavy atom. The van der Waals surface area contributed by atoms with Crippen LogP contribution < -0.4 is 10.2 Å². The summed E-state index contributed by atoms with van der Waals surface area (Å²) in [6.45, 7) is 1.77. The molecule has 1 N–H and O–H groups in total. The van der Waals surface area contributed by atoms with Crippen LogP contribution in [0.5, 0.6) is 0 Å². The van der Waals surface area contributed by atoms with E-state index in [9.17, 15) is 18.0 Å². The van der Waals surface area contributed by atoms with Crippen LogP contribution in [0.2, 0.25) is 0 Å². The van der Waals surface area contributed by atoms with Crippen LogP contribution in [0.25, 0.3) is 16.3 Å². The summed E-state index contributed by atoms with van der Waals surface area (Å²) in [5.41, 5.74) is 1.26. The Morgan fingerprint density at radius 1 is 1.10 bits per heavy atom. The fraction of sp³-hybridized carbons (Fsp3) is 0.273. The van der Waals surface area contributed by atoms with E-state index >= 15 is 0 Å². The molecule has 0 unspecified atom stereocenters. The van der Waals surface area contributed by atoms with Crippen LogP contribution in [-0.2, 0) is 11.0 Å². The predicted octanol–water partition coefficient (Wildman–Crippen LogP) is 4.96. The van der Waals surface area contributed by atoms with Crippen molar-refractivity contribution < 1.29 is 18.0 Å². The maximum atomic E-state index is 12.6. The van der Waals surface area contributed by atoms with Gasteiger partial charge in [-0.2, -0.15) is 13.2 Å². The highest BCUT2D eigenvalue weighted by molar-refractivity contribution is 7.22. The first kappa shape index (κ1) is 22.8. The highest BCUT2D eigenvalue weighted by atomic mass is 32.1. The number of hydrogen-bond donors (Lipinski definition) is 1. The lowest BCUT2D eigenvalue weighted by molar-refractivity contribution is -0.137. The second kappa shape index (κ2) is 9.49. The summed E-state index contributed by atoms with van der Waals surface area (Å²) in [6, 6.07) is 10.1. The summed E-state index contributed by atoms with van der Waals surface area (Å²) in [6.07, 6.45) is -1.62. The average Bonchev–Trinajstić information content (AvgIpc) is 3.13. The van der Waals surface area contributed by atoms with Gasteiger partial charge in [0.2, 0.25) is 5.91 Å². The Hall–Kier alpha value is -2.91. The molecule has 3 aromatic rings. The van der Waals surface area contributed by atoms with Crippen molar-refractivity contribution in [2.24, 2.45) is 0 Å². The second-order valence-corrected chi connectivity index (χ2v) is 8.36. The number of carbonyl (C=O) groups is 1. The number of alkyl halides is 3. The van der Waals surface area contributed by atoms with E-state index in [1.807, 2.05) is 33.3 Å². The van der Waals surface area contributed by atoms with Crippen LogP contribution in [0.1, 0.15) is 11.1 Å². The number of amides is 1. The molecule has 0 bridgehead atoms. The van der Waals surface area contributed by atoms with Crippen molar-refractivity contribution in [3.63, 3.8) is 0 Å². The summed E-state index contributed by atoms with van der Waals surface area (Å²) in [5, 5.41) is 3.68. The van der Waals surface area contributed by atoms with Crippen LogP contribution in [0.3, 0.4) is 0 Å². The molecule has 1 heterocycles. The maximum absolute atomic E-state index is 12.6. The molecule has 0 aliphatic rings. The van der Waals surface area contributed by atoms with Gasteiger partial charge in [0.05, 0.1) is 15.8 Å². The number of fused-ring (bicyclic) bond motifs is 1. The lowest BCUT2D eigenvalue weighted by Crippen LogP contribution is -2.28. The zero-order valence-corrected chi connectivity index (χ0v) is 18.2. The molecule has 0 aliphatic carbocycles. The first-order chi connectivity index (χ1) is 14.6. The molecule has 164 valence electrons. The van der Waals surface area contributed by atoms with Crippen molar-refractivity contribution >= 4 is 44.4 Å². The quantitative estimate of drug-likeness (QED) is 0.519. The highest BCUT2D eigenvalue weighted by Crippen LogP contribution is 2.31. The number of nitrogens with one attached hydrogen (secondary N) is 1. The monoisotopic (exact) mass is 448 g/mol. The summed E-state index contributed by atoms with van der Waals surface area (Å²) in [4.78, 5) is 21.0. The maximum Gasteiger partial charge on any atom is 0.416 e. The van der Waals surface area contributed by atoms with Crippen molar-refractivity contribution in [3.05, 3.63) is 59.7 Å². The highest BCUT2D eigenvalue weighted by Gasteiger charge is 2.29. The Balaban J connectivity index is 1.64. The molecule has 2 aromatic carbocycles. The molecule has 0 saturated carbocycles. The molecule has 0 spiro atoms. The summed E-state index contributed by atoms with van der Waals surface area (Å²) in [5.74, 6) is -0.368. The molecule has 9 heteroatoms. The number of halogens is 3. The van der Waals surface area contributed by atoms with Crippen LogP contribution in [0.15, 0.2) is 48.5 Å². The zero-order valence-electron chi connectivity index (χ0n) is 17.4. The number of thiazole rings is 1. The number of hydrogen-bond acceptors (Lipinski definition) is 5. The standard InChI is InChI=1S/C22H23F3N4OS/c1-28(2)12-13-29(3)21-27-18-10-9-17(14-19(18)31-21)26-20(30)11-6-15-4-7-16(8-5-15)22(23,24)25/h4-11,14H,12-13H2,1-3H3,(H,26,30)/b11-6+. The number of likely N-dealkylation sites (N-methyl/N-ethyl adjacent to an activating group) is 2. The van der Waals surface area contributed by atoms with Gasteiger partial charge < -0.3 is 15.1 Å². The van der Waals surface area contributed by atoms with Crippen LogP contribution >= 0.6 is 11.3 Å². The summed E-state index contributed by atoms with van der Waals surface area (Å²) < 4.78 is 38.8. The van der Waals surface area contributed by atoms with E-state index in [1.165, 1.54) is 24.3 Å². The first-order valence-electron chi connectivity index (χ1n) is 9.54. The average molecular weight is 449 g/mol. The van der Waals surface area contributed by atoms with Crippen molar-refractivity contribution in [1.29, 1.82) is 0 Å². The van der Waals surface area contributed by atoms with E-state index in [0.717, 1.165) is 40.6 Å². The minimum Gasteiger partial charge on any atom is -0.350 e. The van der Waals surface area contributed by atoms with Gasteiger partial charge in [0, 0.05) is 31.9 Å². The number of benzene rings is 2. The Kier molecular flexibility index (Phi) is 6.97. The largest absolute Gasteiger partial charge is 0.416 e. The molecule has 1 amide bonds. The molecule has 0 aliphatic heterocycles. The first-order valence-corrected chi connectivity index (χ1v) is 10.4. The molecule has 3 rings (SSSR count). The van der Waals surface area contributed by atoms with Gasteiger partial charge in [-0.1, -0.05) is 23.5 Å². The zero-order chi connectivity index (χ0) is 22.6. The third-order valence-corrected chi connectivity index (χ3v) is 5.65. The number of anilines is 2. The molecule has 0 atom stereocenters. The van der Waals surface area contributed by atoms with Crippen LogP contribution in [0.4, 0.5) is 24.0 Å². The molecule has 1 aromatic heterocycles. The number of carbonyl (C=O) groups excluding carboxylic acids is 1.